The van der Waals surface area contributed by atoms with E-state index in [4.69, 9.17) is 5.11 Å². The summed E-state index contributed by atoms with van der Waals surface area (Å²) < 4.78 is 0. The molecule has 1 saturated heterocycles. The smallest absolute Gasteiger partial charge is 0.324 e. The molecule has 1 aliphatic heterocycles. The first kappa shape index (κ1) is 12.3. The van der Waals surface area contributed by atoms with Crippen LogP contribution < -0.4 is 5.32 Å². The average molecular weight is 256 g/mol. The molecule has 2 N–H and O–H groups in total. The number of nitrogens with one attached hydrogen (secondary N) is 1. The molecule has 0 spiro atoms. The van der Waals surface area contributed by atoms with Crippen LogP contribution in [0.2, 0.25) is 0 Å². The molecule has 17 heavy (non-hydrogen) atoms. The molecule has 2 rings (SSSR count). The van der Waals surface area contributed by atoms with Gasteiger partial charge in [-0.1, -0.05) is 18.3 Å². The Morgan fingerprint density at radius 3 is 3.12 bits per heavy atom. The van der Waals surface area contributed by atoms with Crippen LogP contribution >= 0.6 is 11.3 Å². The Hall–Kier alpha value is -1.21. The summed E-state index contributed by atoms with van der Waals surface area (Å²) in [6.45, 7) is 2.70. The lowest BCUT2D eigenvalue weighted by Gasteiger charge is -2.22. The minimum absolute atomic E-state index is 0.0176. The van der Waals surface area contributed by atoms with Crippen LogP contribution in [0.15, 0.2) is 0 Å². The highest BCUT2D eigenvalue weighted by molar-refractivity contribution is 7.15. The van der Waals surface area contributed by atoms with Crippen molar-refractivity contribution in [3.05, 3.63) is 5.01 Å². The summed E-state index contributed by atoms with van der Waals surface area (Å²) in [6, 6.07) is -0.256. The molecule has 2 heterocycles. The van der Waals surface area contributed by atoms with E-state index in [0.717, 1.165) is 24.3 Å². The molecule has 6 nitrogen and oxygen atoms in total. The van der Waals surface area contributed by atoms with Gasteiger partial charge in [-0.2, -0.15) is 0 Å². The number of aryl methyl sites for hydroxylation is 1. The fourth-order valence-corrected chi connectivity index (χ4v) is 2.57. The number of hydrogen-bond donors (Lipinski definition) is 2. The zero-order valence-corrected chi connectivity index (χ0v) is 10.5. The summed E-state index contributed by atoms with van der Waals surface area (Å²) in [5.41, 5.74) is 0. The molecule has 1 aliphatic rings. The predicted octanol–water partition coefficient (Wildman–Crippen LogP) is 1.09. The number of aliphatic hydroxyl groups is 1. The van der Waals surface area contributed by atoms with E-state index in [1.807, 2.05) is 6.92 Å². The first-order chi connectivity index (χ1) is 8.24. The largest absolute Gasteiger partial charge is 0.394 e. The third-order valence-electron chi connectivity index (χ3n) is 2.83. The zero-order valence-electron chi connectivity index (χ0n) is 9.72. The molecule has 1 aromatic heterocycles. The van der Waals surface area contributed by atoms with Crippen molar-refractivity contribution in [2.45, 2.75) is 32.2 Å². The Labute approximate surface area is 104 Å². The summed E-state index contributed by atoms with van der Waals surface area (Å²) in [5.74, 6) is 0. The molecule has 2 amide bonds. The van der Waals surface area contributed by atoms with Gasteiger partial charge in [0.2, 0.25) is 5.13 Å². The maximum Gasteiger partial charge on any atom is 0.324 e. The Bertz CT molecular complexity index is 395. The number of rotatable bonds is 3. The van der Waals surface area contributed by atoms with Crippen molar-refractivity contribution in [3.8, 4) is 0 Å². The summed E-state index contributed by atoms with van der Waals surface area (Å²) in [4.78, 5) is 13.6. The standard InChI is InChI=1S/C10H16N4O2S/c1-2-8-12-13-9(17-8)11-10(16)14-5-3-4-7(14)6-15/h7,15H,2-6H2,1H3,(H,11,13,16)/t7-/m0/s1. The molecular weight excluding hydrogens is 240 g/mol. The van der Waals surface area contributed by atoms with Gasteiger partial charge in [-0.3, -0.25) is 5.32 Å². The maximum atomic E-state index is 11.9. The van der Waals surface area contributed by atoms with Gasteiger partial charge in [0, 0.05) is 6.54 Å². The highest BCUT2D eigenvalue weighted by Crippen LogP contribution is 2.20. The number of hydrogen-bond acceptors (Lipinski definition) is 5. The summed E-state index contributed by atoms with van der Waals surface area (Å²) in [7, 11) is 0. The molecule has 94 valence electrons. The van der Waals surface area contributed by atoms with Crippen molar-refractivity contribution < 1.29 is 9.90 Å². The molecule has 1 aromatic rings. The Morgan fingerprint density at radius 1 is 1.65 bits per heavy atom. The van der Waals surface area contributed by atoms with Crippen molar-refractivity contribution in [1.29, 1.82) is 0 Å². The minimum Gasteiger partial charge on any atom is -0.394 e. The van der Waals surface area contributed by atoms with Crippen molar-refractivity contribution in [3.63, 3.8) is 0 Å². The van der Waals surface area contributed by atoms with E-state index in [1.165, 1.54) is 11.3 Å². The fourth-order valence-electron chi connectivity index (χ4n) is 1.90. The second-order valence-electron chi connectivity index (χ2n) is 3.96. The van der Waals surface area contributed by atoms with E-state index in [-0.39, 0.29) is 18.7 Å². The van der Waals surface area contributed by atoms with Crippen LogP contribution in [0.5, 0.6) is 0 Å². The third-order valence-corrected chi connectivity index (χ3v) is 3.81. The number of anilines is 1. The van der Waals surface area contributed by atoms with Crippen molar-refractivity contribution in [2.75, 3.05) is 18.5 Å². The van der Waals surface area contributed by atoms with Crippen LogP contribution in [0.4, 0.5) is 9.93 Å². The van der Waals surface area contributed by atoms with Crippen molar-refractivity contribution >= 4 is 22.5 Å². The topological polar surface area (TPSA) is 78.4 Å². The summed E-state index contributed by atoms with van der Waals surface area (Å²) >= 11 is 1.39. The highest BCUT2D eigenvalue weighted by atomic mass is 32.1. The molecule has 7 heteroatoms. The van der Waals surface area contributed by atoms with Gasteiger partial charge in [0.15, 0.2) is 0 Å². The second-order valence-corrected chi connectivity index (χ2v) is 5.02. The average Bonchev–Trinajstić information content (AvgIpc) is 2.96. The second kappa shape index (κ2) is 5.42. The number of likely N-dealkylation sites (tertiary alicyclic amines) is 1. The number of aromatic nitrogens is 2. The van der Waals surface area contributed by atoms with Crippen LogP contribution in [0, 0.1) is 0 Å². The van der Waals surface area contributed by atoms with E-state index in [1.54, 1.807) is 4.90 Å². The van der Waals surface area contributed by atoms with Crippen LogP contribution in [-0.4, -0.2) is 45.4 Å². The van der Waals surface area contributed by atoms with E-state index >= 15 is 0 Å². The van der Waals surface area contributed by atoms with E-state index in [9.17, 15) is 4.79 Å². The molecule has 0 aliphatic carbocycles. The lowest BCUT2D eigenvalue weighted by molar-refractivity contribution is 0.166. The highest BCUT2D eigenvalue weighted by Gasteiger charge is 2.28. The third kappa shape index (κ3) is 2.73. The van der Waals surface area contributed by atoms with Gasteiger partial charge < -0.3 is 10.0 Å². The minimum atomic E-state index is -0.194. The Kier molecular flexibility index (Phi) is 3.90. The number of amides is 2. The Balaban J connectivity index is 1.96. The number of aliphatic hydroxyl groups excluding tert-OH is 1. The fraction of sp³-hybridized carbons (Fsp3) is 0.700. The normalized spacial score (nSPS) is 19.6. The lowest BCUT2D eigenvalue weighted by atomic mass is 10.2. The molecular formula is C10H16N4O2S. The monoisotopic (exact) mass is 256 g/mol. The first-order valence-electron chi connectivity index (χ1n) is 5.75. The van der Waals surface area contributed by atoms with Gasteiger partial charge in [-0.05, 0) is 19.3 Å². The number of nitrogens with zero attached hydrogens (tertiary/aromatic N) is 3. The molecule has 1 fully saturated rings. The van der Waals surface area contributed by atoms with Gasteiger partial charge in [0.1, 0.15) is 5.01 Å². The summed E-state index contributed by atoms with van der Waals surface area (Å²) in [6.07, 6.45) is 2.62. The molecule has 1 atom stereocenters. The van der Waals surface area contributed by atoms with Crippen molar-refractivity contribution in [2.24, 2.45) is 0 Å². The Morgan fingerprint density at radius 2 is 2.47 bits per heavy atom. The summed E-state index contributed by atoms with van der Waals surface area (Å²) in [5, 5.41) is 21.1. The SMILES string of the molecule is CCc1nnc(NC(=O)N2CCC[C@H]2CO)s1. The number of carbonyl (C=O) groups is 1. The van der Waals surface area contributed by atoms with Gasteiger partial charge in [-0.25, -0.2) is 4.79 Å². The van der Waals surface area contributed by atoms with Crippen LogP contribution in [-0.2, 0) is 6.42 Å². The molecule has 0 unspecified atom stereocenters. The van der Waals surface area contributed by atoms with Crippen LogP contribution in [0.25, 0.3) is 0 Å². The quantitative estimate of drug-likeness (QED) is 0.848. The van der Waals surface area contributed by atoms with Gasteiger partial charge in [-0.15, -0.1) is 10.2 Å². The number of urea groups is 1. The predicted molar refractivity (Wildman–Crippen MR) is 65.1 cm³/mol. The van der Waals surface area contributed by atoms with Crippen LogP contribution in [0.3, 0.4) is 0 Å². The maximum absolute atomic E-state index is 11.9. The number of carbonyl (C=O) groups excluding carboxylic acids is 1. The molecule has 0 radical (unpaired) electrons. The van der Waals surface area contributed by atoms with Gasteiger partial charge >= 0.3 is 6.03 Å². The molecule has 0 saturated carbocycles. The van der Waals surface area contributed by atoms with Gasteiger partial charge in [0.05, 0.1) is 12.6 Å². The van der Waals surface area contributed by atoms with Gasteiger partial charge in [0.25, 0.3) is 0 Å². The van der Waals surface area contributed by atoms with Crippen LogP contribution in [0.1, 0.15) is 24.8 Å². The van der Waals surface area contributed by atoms with E-state index in [2.05, 4.69) is 15.5 Å². The molecule has 0 bridgehead atoms. The molecule has 0 aromatic carbocycles. The first-order valence-corrected chi connectivity index (χ1v) is 6.57. The zero-order chi connectivity index (χ0) is 12.3. The van der Waals surface area contributed by atoms with E-state index < -0.39 is 0 Å². The lowest BCUT2D eigenvalue weighted by Crippen LogP contribution is -2.40. The van der Waals surface area contributed by atoms with Crippen molar-refractivity contribution in [1.82, 2.24) is 15.1 Å². The van der Waals surface area contributed by atoms with E-state index in [0.29, 0.717) is 11.7 Å².